The van der Waals surface area contributed by atoms with Gasteiger partial charge in [-0.15, -0.1) is 13.2 Å². The Labute approximate surface area is 119 Å². The summed E-state index contributed by atoms with van der Waals surface area (Å²) in [7, 11) is 1.16. The zero-order valence-corrected chi connectivity index (χ0v) is 11.7. The van der Waals surface area contributed by atoms with Crippen LogP contribution in [0.25, 0.3) is 0 Å². The summed E-state index contributed by atoms with van der Waals surface area (Å²) in [6.07, 6.45) is -5.19. The first kappa shape index (κ1) is 15.9. The highest BCUT2D eigenvalue weighted by Gasteiger charge is 2.33. The molecule has 0 aliphatic heterocycles. The zero-order chi connectivity index (χ0) is 14.6. The minimum absolute atomic E-state index is 0.134. The third-order valence-corrected chi connectivity index (χ3v) is 2.91. The molecular formula is C10H8F4INO3. The number of rotatable bonds is 4. The van der Waals surface area contributed by atoms with Gasteiger partial charge >= 0.3 is 12.3 Å². The SMILES string of the molecule is COC(=O)Cc1nc(CF)c(OC(F)(F)F)cc1I. The lowest BCUT2D eigenvalue weighted by Gasteiger charge is -2.13. The molecule has 0 aliphatic rings. The number of aromatic nitrogens is 1. The van der Waals surface area contributed by atoms with E-state index in [0.29, 0.717) is 0 Å². The second kappa shape index (κ2) is 6.35. The van der Waals surface area contributed by atoms with Crippen molar-refractivity contribution in [3.05, 3.63) is 21.0 Å². The summed E-state index contributed by atoms with van der Waals surface area (Å²) >= 11 is 1.68. The van der Waals surface area contributed by atoms with Crippen LogP contribution in [0.4, 0.5) is 17.6 Å². The number of carbonyl (C=O) groups is 1. The van der Waals surface area contributed by atoms with Gasteiger partial charge in [-0.25, -0.2) is 9.37 Å². The van der Waals surface area contributed by atoms with E-state index in [4.69, 9.17) is 0 Å². The van der Waals surface area contributed by atoms with Gasteiger partial charge in [-0.3, -0.25) is 4.79 Å². The Morgan fingerprint density at radius 2 is 2.05 bits per heavy atom. The monoisotopic (exact) mass is 393 g/mol. The molecule has 106 valence electrons. The molecule has 0 radical (unpaired) electrons. The van der Waals surface area contributed by atoms with Crippen LogP contribution < -0.4 is 4.74 Å². The lowest BCUT2D eigenvalue weighted by atomic mass is 10.2. The van der Waals surface area contributed by atoms with Gasteiger partial charge in [-0.2, -0.15) is 0 Å². The molecule has 0 unspecified atom stereocenters. The molecule has 0 N–H and O–H groups in total. The van der Waals surface area contributed by atoms with E-state index in [0.717, 1.165) is 13.2 Å². The first-order valence-corrected chi connectivity index (χ1v) is 5.91. The number of carbonyl (C=O) groups excluding carboxylic acids is 1. The van der Waals surface area contributed by atoms with Crippen molar-refractivity contribution in [1.29, 1.82) is 0 Å². The number of ether oxygens (including phenoxy) is 2. The van der Waals surface area contributed by atoms with Crippen molar-refractivity contribution in [1.82, 2.24) is 4.98 Å². The van der Waals surface area contributed by atoms with Gasteiger partial charge in [0.05, 0.1) is 19.2 Å². The van der Waals surface area contributed by atoms with Crippen LogP contribution in [-0.4, -0.2) is 24.4 Å². The minimum Gasteiger partial charge on any atom is -0.469 e. The molecule has 0 amide bonds. The third kappa shape index (κ3) is 4.80. The molecule has 9 heteroatoms. The molecule has 0 fully saturated rings. The summed E-state index contributed by atoms with van der Waals surface area (Å²) in [6.45, 7) is -1.24. The Morgan fingerprint density at radius 1 is 1.42 bits per heavy atom. The van der Waals surface area contributed by atoms with Crippen LogP contribution in [0.15, 0.2) is 6.07 Å². The van der Waals surface area contributed by atoms with Crippen molar-refractivity contribution < 1.29 is 31.8 Å². The van der Waals surface area contributed by atoms with Crippen molar-refractivity contribution in [2.24, 2.45) is 0 Å². The molecule has 1 heterocycles. The van der Waals surface area contributed by atoms with E-state index in [1.807, 2.05) is 0 Å². The first-order chi connectivity index (χ1) is 8.76. The highest BCUT2D eigenvalue weighted by molar-refractivity contribution is 14.1. The summed E-state index contributed by atoms with van der Waals surface area (Å²) in [5.74, 6) is -1.34. The van der Waals surface area contributed by atoms with Crippen molar-refractivity contribution in [3.63, 3.8) is 0 Å². The molecule has 19 heavy (non-hydrogen) atoms. The molecule has 1 rings (SSSR count). The van der Waals surface area contributed by atoms with Gasteiger partial charge in [0.25, 0.3) is 0 Å². The molecule has 0 aliphatic carbocycles. The normalized spacial score (nSPS) is 11.3. The smallest absolute Gasteiger partial charge is 0.469 e. The van der Waals surface area contributed by atoms with Gasteiger partial charge < -0.3 is 9.47 Å². The number of hydrogen-bond acceptors (Lipinski definition) is 4. The lowest BCUT2D eigenvalue weighted by Crippen LogP contribution is -2.19. The Bertz CT molecular complexity index is 479. The molecule has 0 bridgehead atoms. The number of halogens is 5. The predicted molar refractivity (Wildman–Crippen MR) is 64.2 cm³/mol. The van der Waals surface area contributed by atoms with E-state index in [2.05, 4.69) is 14.5 Å². The van der Waals surface area contributed by atoms with E-state index in [-0.39, 0.29) is 15.7 Å². The molecular weight excluding hydrogens is 385 g/mol. The second-order valence-electron chi connectivity index (χ2n) is 3.30. The Hall–Kier alpha value is -1.13. The van der Waals surface area contributed by atoms with E-state index in [1.165, 1.54) is 0 Å². The van der Waals surface area contributed by atoms with Gasteiger partial charge in [0.1, 0.15) is 12.4 Å². The van der Waals surface area contributed by atoms with E-state index < -0.39 is 30.4 Å². The highest BCUT2D eigenvalue weighted by Crippen LogP contribution is 2.29. The van der Waals surface area contributed by atoms with Crippen LogP contribution in [0.2, 0.25) is 0 Å². The molecule has 0 saturated heterocycles. The third-order valence-electron chi connectivity index (χ3n) is 1.98. The highest BCUT2D eigenvalue weighted by atomic mass is 127. The van der Waals surface area contributed by atoms with Crippen molar-refractivity contribution in [2.45, 2.75) is 19.5 Å². The van der Waals surface area contributed by atoms with Gasteiger partial charge in [0.2, 0.25) is 0 Å². The van der Waals surface area contributed by atoms with Crippen LogP contribution in [-0.2, 0) is 22.6 Å². The number of methoxy groups -OCH3 is 1. The number of hydrogen-bond donors (Lipinski definition) is 0. The fourth-order valence-electron chi connectivity index (χ4n) is 1.19. The molecule has 0 spiro atoms. The summed E-state index contributed by atoms with van der Waals surface area (Å²) in [6, 6.07) is 0.980. The number of esters is 1. The largest absolute Gasteiger partial charge is 0.573 e. The molecule has 0 aromatic carbocycles. The fraction of sp³-hybridized carbons (Fsp3) is 0.400. The standard InChI is InChI=1S/C10H8F4INO3/c1-18-9(17)3-6-5(15)2-8(7(4-11)16-6)19-10(12,13)14/h2H,3-4H2,1H3. The summed E-state index contributed by atoms with van der Waals surface area (Å²) in [5, 5.41) is 0. The molecule has 1 aromatic heterocycles. The van der Waals surface area contributed by atoms with E-state index in [9.17, 15) is 22.4 Å². The van der Waals surface area contributed by atoms with Crippen LogP contribution in [0.5, 0.6) is 5.75 Å². The van der Waals surface area contributed by atoms with Crippen LogP contribution in [0, 0.1) is 3.57 Å². The number of nitrogens with zero attached hydrogens (tertiary/aromatic N) is 1. The van der Waals surface area contributed by atoms with Gasteiger partial charge in [0, 0.05) is 3.57 Å². The maximum Gasteiger partial charge on any atom is 0.573 e. The summed E-state index contributed by atoms with van der Waals surface area (Å²) in [5.41, 5.74) is -0.383. The summed E-state index contributed by atoms with van der Waals surface area (Å²) < 4.78 is 57.3. The molecule has 1 aromatic rings. The number of alkyl halides is 4. The molecule has 0 atom stereocenters. The lowest BCUT2D eigenvalue weighted by molar-refractivity contribution is -0.275. The topological polar surface area (TPSA) is 48.4 Å². The van der Waals surface area contributed by atoms with E-state index >= 15 is 0 Å². The first-order valence-electron chi connectivity index (χ1n) is 4.83. The van der Waals surface area contributed by atoms with E-state index in [1.54, 1.807) is 22.6 Å². The quantitative estimate of drug-likeness (QED) is 0.449. The van der Waals surface area contributed by atoms with Crippen LogP contribution in [0.3, 0.4) is 0 Å². The average molecular weight is 393 g/mol. The van der Waals surface area contributed by atoms with Gasteiger partial charge in [-0.05, 0) is 28.7 Å². The van der Waals surface area contributed by atoms with Crippen LogP contribution >= 0.6 is 22.6 Å². The predicted octanol–water partition coefficient (Wildman–Crippen LogP) is 2.77. The Morgan fingerprint density at radius 3 is 2.53 bits per heavy atom. The zero-order valence-electron chi connectivity index (χ0n) is 9.55. The van der Waals surface area contributed by atoms with Crippen LogP contribution in [0.1, 0.15) is 11.4 Å². The fourth-order valence-corrected chi connectivity index (χ4v) is 1.79. The Kier molecular flexibility index (Phi) is 5.32. The Balaban J connectivity index is 3.10. The number of pyridine rings is 1. The maximum atomic E-state index is 12.7. The maximum absolute atomic E-state index is 12.7. The van der Waals surface area contributed by atoms with Gasteiger partial charge in [0.15, 0.2) is 5.75 Å². The van der Waals surface area contributed by atoms with Crippen molar-refractivity contribution >= 4 is 28.6 Å². The molecule has 0 saturated carbocycles. The minimum atomic E-state index is -4.93. The average Bonchev–Trinajstić information content (AvgIpc) is 2.30. The van der Waals surface area contributed by atoms with Crippen molar-refractivity contribution in [2.75, 3.05) is 7.11 Å². The molecule has 4 nitrogen and oxygen atoms in total. The van der Waals surface area contributed by atoms with Gasteiger partial charge in [-0.1, -0.05) is 0 Å². The van der Waals surface area contributed by atoms with Crippen molar-refractivity contribution in [3.8, 4) is 5.75 Å². The summed E-state index contributed by atoms with van der Waals surface area (Å²) in [4.78, 5) is 14.7. The second-order valence-corrected chi connectivity index (χ2v) is 4.46.